The SMILES string of the molecule is CCOC1(C(NN)c2cc3cccc(F)c3o2)CCCC1. The minimum absolute atomic E-state index is 0.272. The van der Waals surface area contributed by atoms with E-state index in [0.717, 1.165) is 31.1 Å². The molecule has 0 amide bonds. The summed E-state index contributed by atoms with van der Waals surface area (Å²) < 4.78 is 25.6. The summed E-state index contributed by atoms with van der Waals surface area (Å²) in [4.78, 5) is 0. The smallest absolute Gasteiger partial charge is 0.169 e. The topological polar surface area (TPSA) is 60.4 Å². The lowest BCUT2D eigenvalue weighted by atomic mass is 9.90. The molecule has 1 atom stereocenters. The minimum Gasteiger partial charge on any atom is -0.456 e. The molecular formula is C16H21FN2O2. The van der Waals surface area contributed by atoms with Crippen LogP contribution in [0.1, 0.15) is 44.4 Å². The quantitative estimate of drug-likeness (QED) is 0.655. The third-order valence-electron chi connectivity index (χ3n) is 4.37. The number of hydrazine groups is 1. The Hall–Kier alpha value is -1.43. The monoisotopic (exact) mass is 292 g/mol. The lowest BCUT2D eigenvalue weighted by Crippen LogP contribution is -2.46. The zero-order valence-corrected chi connectivity index (χ0v) is 12.2. The summed E-state index contributed by atoms with van der Waals surface area (Å²) in [6, 6.07) is 6.49. The van der Waals surface area contributed by atoms with Crippen LogP contribution in [0.25, 0.3) is 11.0 Å². The van der Waals surface area contributed by atoms with Gasteiger partial charge in [0.2, 0.25) is 0 Å². The standard InChI is InChI=1S/C16H21FN2O2/c1-2-20-16(8-3-4-9-16)15(19-18)13-10-11-6-5-7-12(17)14(11)21-13/h5-7,10,15,19H,2-4,8-9,18H2,1H3. The Morgan fingerprint density at radius 1 is 1.43 bits per heavy atom. The highest BCUT2D eigenvalue weighted by Crippen LogP contribution is 2.43. The minimum atomic E-state index is -0.367. The van der Waals surface area contributed by atoms with Crippen molar-refractivity contribution in [3.8, 4) is 0 Å². The Kier molecular flexibility index (Phi) is 3.97. The van der Waals surface area contributed by atoms with E-state index in [1.165, 1.54) is 6.07 Å². The van der Waals surface area contributed by atoms with Crippen LogP contribution in [0.2, 0.25) is 0 Å². The average molecular weight is 292 g/mol. The fraction of sp³-hybridized carbons (Fsp3) is 0.500. The van der Waals surface area contributed by atoms with Crippen LogP contribution in [-0.2, 0) is 4.74 Å². The van der Waals surface area contributed by atoms with Gasteiger partial charge in [-0.1, -0.05) is 25.0 Å². The normalized spacial score (nSPS) is 19.2. The highest BCUT2D eigenvalue weighted by Gasteiger charge is 2.44. The zero-order chi connectivity index (χ0) is 14.9. The average Bonchev–Trinajstić information content (AvgIpc) is 3.09. The molecule has 1 fully saturated rings. The van der Waals surface area contributed by atoms with E-state index in [1.54, 1.807) is 6.07 Å². The van der Waals surface area contributed by atoms with Crippen LogP contribution >= 0.6 is 0 Å². The van der Waals surface area contributed by atoms with Gasteiger partial charge in [-0.3, -0.25) is 5.84 Å². The van der Waals surface area contributed by atoms with Crippen LogP contribution in [0, 0.1) is 5.82 Å². The fourth-order valence-corrected chi connectivity index (χ4v) is 3.46. The van der Waals surface area contributed by atoms with E-state index in [2.05, 4.69) is 5.43 Å². The molecule has 0 aliphatic heterocycles. The molecule has 1 aliphatic rings. The van der Waals surface area contributed by atoms with Crippen LogP contribution in [0.5, 0.6) is 0 Å². The highest BCUT2D eigenvalue weighted by molar-refractivity contribution is 5.78. The van der Waals surface area contributed by atoms with Gasteiger partial charge in [0.1, 0.15) is 11.8 Å². The van der Waals surface area contributed by atoms with Gasteiger partial charge in [-0.15, -0.1) is 0 Å². The first-order valence-electron chi connectivity index (χ1n) is 7.48. The summed E-state index contributed by atoms with van der Waals surface area (Å²) in [5.41, 5.74) is 2.73. The van der Waals surface area contributed by atoms with Gasteiger partial charge in [0.25, 0.3) is 0 Å². The van der Waals surface area contributed by atoms with Gasteiger partial charge in [0, 0.05) is 12.0 Å². The van der Waals surface area contributed by atoms with Gasteiger partial charge in [0.15, 0.2) is 11.4 Å². The number of hydrogen-bond acceptors (Lipinski definition) is 4. The molecule has 114 valence electrons. The predicted molar refractivity (Wildman–Crippen MR) is 79.1 cm³/mol. The maximum atomic E-state index is 13.8. The number of rotatable bonds is 5. The molecule has 1 heterocycles. The molecule has 21 heavy (non-hydrogen) atoms. The molecule has 0 saturated heterocycles. The first-order chi connectivity index (χ1) is 10.2. The first-order valence-corrected chi connectivity index (χ1v) is 7.48. The van der Waals surface area contributed by atoms with E-state index in [9.17, 15) is 4.39 Å². The highest BCUT2D eigenvalue weighted by atomic mass is 19.1. The van der Waals surface area contributed by atoms with Crippen molar-refractivity contribution in [2.75, 3.05) is 6.61 Å². The van der Waals surface area contributed by atoms with Crippen molar-refractivity contribution < 1.29 is 13.5 Å². The molecule has 1 aromatic heterocycles. The van der Waals surface area contributed by atoms with Crippen molar-refractivity contribution in [1.29, 1.82) is 0 Å². The largest absolute Gasteiger partial charge is 0.456 e. The van der Waals surface area contributed by atoms with Crippen molar-refractivity contribution >= 4 is 11.0 Å². The second-order valence-corrected chi connectivity index (χ2v) is 5.61. The molecule has 0 radical (unpaired) electrons. The number of nitrogens with two attached hydrogens (primary N) is 1. The van der Waals surface area contributed by atoms with Gasteiger partial charge in [-0.2, -0.15) is 0 Å². The van der Waals surface area contributed by atoms with E-state index in [0.29, 0.717) is 12.4 Å². The van der Waals surface area contributed by atoms with Gasteiger partial charge in [-0.25, -0.2) is 9.82 Å². The number of para-hydroxylation sites is 1. The van der Waals surface area contributed by atoms with Crippen LogP contribution in [0.3, 0.4) is 0 Å². The van der Waals surface area contributed by atoms with Crippen LogP contribution in [-0.4, -0.2) is 12.2 Å². The molecule has 0 spiro atoms. The first kappa shape index (κ1) is 14.5. The lowest BCUT2D eigenvalue weighted by Gasteiger charge is -2.35. The van der Waals surface area contributed by atoms with Crippen molar-refractivity contribution in [3.05, 3.63) is 35.8 Å². The summed E-state index contributed by atoms with van der Waals surface area (Å²) in [5.74, 6) is 6.05. The Balaban J connectivity index is 2.02. The third-order valence-corrected chi connectivity index (χ3v) is 4.37. The summed E-state index contributed by atoms with van der Waals surface area (Å²) in [5, 5.41) is 0.745. The van der Waals surface area contributed by atoms with Gasteiger partial charge < -0.3 is 9.15 Å². The van der Waals surface area contributed by atoms with Crippen molar-refractivity contribution in [2.45, 2.75) is 44.2 Å². The number of nitrogens with one attached hydrogen (secondary N) is 1. The maximum Gasteiger partial charge on any atom is 0.169 e. The molecular weight excluding hydrogens is 271 g/mol. The fourth-order valence-electron chi connectivity index (χ4n) is 3.46. The summed E-state index contributed by atoms with van der Waals surface area (Å²) in [6.45, 7) is 2.60. The lowest BCUT2D eigenvalue weighted by molar-refractivity contribution is -0.0669. The van der Waals surface area contributed by atoms with Gasteiger partial charge in [0.05, 0.1) is 5.60 Å². The van der Waals surface area contributed by atoms with Crippen molar-refractivity contribution in [1.82, 2.24) is 5.43 Å². The second kappa shape index (κ2) is 5.75. The van der Waals surface area contributed by atoms with Gasteiger partial charge >= 0.3 is 0 Å². The van der Waals surface area contributed by atoms with Crippen molar-refractivity contribution in [3.63, 3.8) is 0 Å². The van der Waals surface area contributed by atoms with E-state index >= 15 is 0 Å². The number of furan rings is 1. The molecule has 1 saturated carbocycles. The molecule has 1 unspecified atom stereocenters. The van der Waals surface area contributed by atoms with E-state index in [1.807, 2.05) is 19.1 Å². The molecule has 0 bridgehead atoms. The van der Waals surface area contributed by atoms with E-state index < -0.39 is 0 Å². The molecule has 5 heteroatoms. The number of ether oxygens (including phenoxy) is 1. The zero-order valence-electron chi connectivity index (χ0n) is 12.2. The van der Waals surface area contributed by atoms with Crippen molar-refractivity contribution in [2.24, 2.45) is 5.84 Å². The Bertz CT molecular complexity index is 620. The molecule has 4 nitrogen and oxygen atoms in total. The maximum absolute atomic E-state index is 13.8. The number of halogens is 1. The number of fused-ring (bicyclic) bond motifs is 1. The number of hydrogen-bond donors (Lipinski definition) is 2. The van der Waals surface area contributed by atoms with Crippen LogP contribution in [0.4, 0.5) is 4.39 Å². The van der Waals surface area contributed by atoms with Crippen LogP contribution < -0.4 is 11.3 Å². The third kappa shape index (κ3) is 2.46. The van der Waals surface area contributed by atoms with E-state index in [-0.39, 0.29) is 23.0 Å². The Morgan fingerprint density at radius 2 is 2.19 bits per heavy atom. The molecule has 2 aromatic rings. The van der Waals surface area contributed by atoms with Crippen LogP contribution in [0.15, 0.2) is 28.7 Å². The second-order valence-electron chi connectivity index (χ2n) is 5.61. The molecule has 1 aromatic carbocycles. The number of benzene rings is 1. The predicted octanol–water partition coefficient (Wildman–Crippen LogP) is 3.43. The Labute approximate surface area is 123 Å². The molecule has 1 aliphatic carbocycles. The summed E-state index contributed by atoms with van der Waals surface area (Å²) in [6.07, 6.45) is 4.06. The van der Waals surface area contributed by atoms with E-state index in [4.69, 9.17) is 15.0 Å². The summed E-state index contributed by atoms with van der Waals surface area (Å²) >= 11 is 0. The molecule has 3 N–H and O–H groups in total. The van der Waals surface area contributed by atoms with Gasteiger partial charge in [-0.05, 0) is 31.9 Å². The summed E-state index contributed by atoms with van der Waals surface area (Å²) in [7, 11) is 0. The molecule has 3 rings (SSSR count). The Morgan fingerprint density at radius 3 is 2.81 bits per heavy atom.